The number of aromatic hydroxyl groups is 2. The molecule has 0 fully saturated rings. The van der Waals surface area contributed by atoms with E-state index in [1.54, 1.807) is 84.9 Å². The largest absolute Gasteiger partial charge is 0.508 e. The quantitative estimate of drug-likeness (QED) is 0.145. The van der Waals surface area contributed by atoms with Gasteiger partial charge in [-0.3, -0.25) is 19.2 Å². The summed E-state index contributed by atoms with van der Waals surface area (Å²) in [6.07, 6.45) is 0. The lowest BCUT2D eigenvalue weighted by Crippen LogP contribution is -2.29. The van der Waals surface area contributed by atoms with E-state index in [-0.39, 0.29) is 33.8 Å². The first-order chi connectivity index (χ1) is 29.4. The lowest BCUT2D eigenvalue weighted by Gasteiger charge is -2.26. The summed E-state index contributed by atoms with van der Waals surface area (Å²) < 4.78 is 12.3. The Morgan fingerprint density at radius 1 is 0.410 bits per heavy atom. The Morgan fingerprint density at radius 3 is 1.20 bits per heavy atom. The summed E-state index contributed by atoms with van der Waals surface area (Å²) >= 11 is 0. The molecule has 2 aliphatic heterocycles. The van der Waals surface area contributed by atoms with Crippen LogP contribution in [0.25, 0.3) is 21.5 Å². The predicted molar refractivity (Wildman–Crippen MR) is 232 cm³/mol. The normalized spacial score (nSPS) is 13.6. The number of ether oxygens (including phenoxy) is 2. The Hall–Kier alpha value is -8.24. The van der Waals surface area contributed by atoms with Crippen LogP contribution in [-0.2, 0) is 5.41 Å². The number of amides is 4. The molecule has 0 unspecified atom stereocenters. The molecule has 10 heteroatoms. The van der Waals surface area contributed by atoms with E-state index in [4.69, 9.17) is 9.47 Å². The number of carbonyl (C=O) groups is 4. The molecule has 0 saturated heterocycles. The number of hydrogen-bond acceptors (Lipinski definition) is 8. The molecular formula is C51H34N2O8. The van der Waals surface area contributed by atoms with E-state index in [9.17, 15) is 29.4 Å². The third kappa shape index (κ3) is 6.20. The van der Waals surface area contributed by atoms with E-state index in [1.807, 2.05) is 60.7 Å². The highest BCUT2D eigenvalue weighted by Gasteiger charge is 2.39. The van der Waals surface area contributed by atoms with Gasteiger partial charge in [0.2, 0.25) is 0 Å². The van der Waals surface area contributed by atoms with Gasteiger partial charge in [-0.05, 0) is 131 Å². The molecule has 10 rings (SSSR count). The molecule has 61 heavy (non-hydrogen) atoms. The fraction of sp³-hybridized carbons (Fsp3) is 0.0588. The van der Waals surface area contributed by atoms with Crippen LogP contribution in [0.15, 0.2) is 158 Å². The maximum atomic E-state index is 13.6. The standard InChI is InChI=1S/C51H34N2O8/c1-51(2,31-9-15-35(16-10-31)60-37-19-23-41-43(27-37)49(58)52(47(41)56)45-7-3-5-29-25-33(54)13-21-39(29)45)32-11-17-36(18-12-32)61-38-20-24-42-44(28-38)50(59)53(48(42)57)46-8-4-6-30-26-34(55)14-22-40(30)46/h3-28,54-55H,1-2H3. The van der Waals surface area contributed by atoms with Crippen LogP contribution >= 0.6 is 0 Å². The molecule has 4 amide bonds. The van der Waals surface area contributed by atoms with Gasteiger partial charge in [-0.25, -0.2) is 9.80 Å². The van der Waals surface area contributed by atoms with Gasteiger partial charge in [0.15, 0.2) is 0 Å². The first-order valence-electron chi connectivity index (χ1n) is 19.5. The molecule has 0 spiro atoms. The van der Waals surface area contributed by atoms with Gasteiger partial charge in [0.05, 0.1) is 33.6 Å². The Bertz CT molecular complexity index is 2960. The Labute approximate surface area is 349 Å². The summed E-state index contributed by atoms with van der Waals surface area (Å²) in [5.41, 5.74) is 3.58. The number of phenols is 2. The van der Waals surface area contributed by atoms with Gasteiger partial charge < -0.3 is 19.7 Å². The van der Waals surface area contributed by atoms with Gasteiger partial charge in [-0.15, -0.1) is 0 Å². The molecule has 0 atom stereocenters. The topological polar surface area (TPSA) is 134 Å². The molecule has 0 bridgehead atoms. The highest BCUT2D eigenvalue weighted by molar-refractivity contribution is 6.37. The van der Waals surface area contributed by atoms with E-state index in [0.29, 0.717) is 55.9 Å². The zero-order valence-electron chi connectivity index (χ0n) is 32.7. The number of imide groups is 2. The van der Waals surface area contributed by atoms with Crippen LogP contribution in [0.5, 0.6) is 34.5 Å². The first-order valence-corrected chi connectivity index (χ1v) is 19.5. The number of anilines is 2. The fourth-order valence-corrected chi connectivity index (χ4v) is 8.22. The van der Waals surface area contributed by atoms with Crippen LogP contribution in [0, 0.1) is 0 Å². The summed E-state index contributed by atoms with van der Waals surface area (Å²) in [6, 6.07) is 45.2. The maximum Gasteiger partial charge on any atom is 0.266 e. The second-order valence-corrected chi connectivity index (χ2v) is 15.5. The van der Waals surface area contributed by atoms with E-state index < -0.39 is 29.0 Å². The van der Waals surface area contributed by atoms with Crippen LogP contribution in [0.4, 0.5) is 11.4 Å². The third-order valence-electron chi connectivity index (χ3n) is 11.5. The Morgan fingerprint density at radius 2 is 0.787 bits per heavy atom. The highest BCUT2D eigenvalue weighted by atomic mass is 16.5. The van der Waals surface area contributed by atoms with Crippen molar-refractivity contribution in [2.75, 3.05) is 9.80 Å². The van der Waals surface area contributed by atoms with Gasteiger partial charge in [0.1, 0.15) is 34.5 Å². The van der Waals surface area contributed by atoms with Crippen LogP contribution in [0.1, 0.15) is 66.4 Å². The fourth-order valence-electron chi connectivity index (χ4n) is 8.22. The molecule has 0 saturated carbocycles. The van der Waals surface area contributed by atoms with E-state index >= 15 is 0 Å². The number of phenolic OH excluding ortho intramolecular Hbond substituents is 2. The van der Waals surface area contributed by atoms with E-state index in [0.717, 1.165) is 20.9 Å². The molecule has 2 aliphatic rings. The number of rotatable bonds is 8. The van der Waals surface area contributed by atoms with Crippen molar-refractivity contribution < 1.29 is 38.9 Å². The monoisotopic (exact) mass is 802 g/mol. The molecule has 0 aliphatic carbocycles. The second-order valence-electron chi connectivity index (χ2n) is 15.5. The lowest BCUT2D eigenvalue weighted by atomic mass is 9.78. The highest BCUT2D eigenvalue weighted by Crippen LogP contribution is 2.40. The summed E-state index contributed by atoms with van der Waals surface area (Å²) in [6.45, 7) is 4.22. The average molecular weight is 803 g/mol. The van der Waals surface area contributed by atoms with Crippen molar-refractivity contribution >= 4 is 56.5 Å². The minimum atomic E-state index is -0.453. The third-order valence-corrected chi connectivity index (χ3v) is 11.5. The lowest BCUT2D eigenvalue weighted by molar-refractivity contribution is 0.0910. The van der Waals surface area contributed by atoms with Crippen molar-refractivity contribution in [3.05, 3.63) is 191 Å². The van der Waals surface area contributed by atoms with E-state index in [1.165, 1.54) is 12.1 Å². The summed E-state index contributed by atoms with van der Waals surface area (Å²) in [7, 11) is 0. The van der Waals surface area contributed by atoms with Gasteiger partial charge in [0.25, 0.3) is 23.6 Å². The molecule has 2 N–H and O–H groups in total. The molecule has 8 aromatic carbocycles. The Kier molecular flexibility index (Phi) is 8.48. The average Bonchev–Trinajstić information content (AvgIpc) is 3.65. The van der Waals surface area contributed by atoms with Crippen molar-refractivity contribution in [1.82, 2.24) is 0 Å². The van der Waals surface area contributed by atoms with Gasteiger partial charge in [-0.2, -0.15) is 0 Å². The zero-order chi connectivity index (χ0) is 42.2. The van der Waals surface area contributed by atoms with Gasteiger partial charge in [-0.1, -0.05) is 62.4 Å². The van der Waals surface area contributed by atoms with Gasteiger partial charge >= 0.3 is 0 Å². The summed E-state index contributed by atoms with van der Waals surface area (Å²) in [5, 5.41) is 22.6. The second kappa shape index (κ2) is 14.0. The maximum absolute atomic E-state index is 13.6. The number of carbonyl (C=O) groups excluding carboxylic acids is 4. The number of hydrogen-bond donors (Lipinski definition) is 2. The molecule has 8 aromatic rings. The van der Waals surface area contributed by atoms with Crippen molar-refractivity contribution in [3.63, 3.8) is 0 Å². The number of nitrogens with zero attached hydrogens (tertiary/aromatic N) is 2. The van der Waals surface area contributed by atoms with Gasteiger partial charge in [0, 0.05) is 16.2 Å². The van der Waals surface area contributed by atoms with Crippen molar-refractivity contribution in [2.45, 2.75) is 19.3 Å². The van der Waals surface area contributed by atoms with Crippen LogP contribution in [0.3, 0.4) is 0 Å². The molecule has 0 aromatic heterocycles. The van der Waals surface area contributed by atoms with Crippen LogP contribution in [0.2, 0.25) is 0 Å². The molecule has 10 nitrogen and oxygen atoms in total. The minimum Gasteiger partial charge on any atom is -0.508 e. The SMILES string of the molecule is CC(C)(c1ccc(Oc2ccc3c(c2)C(=O)N(c2cccc4cc(O)ccc24)C3=O)cc1)c1ccc(Oc2ccc3c(c2)C(=O)N(c2cccc4cc(O)ccc24)C3=O)cc1. The zero-order valence-corrected chi connectivity index (χ0v) is 32.7. The molecular weight excluding hydrogens is 769 g/mol. The number of fused-ring (bicyclic) bond motifs is 4. The number of benzene rings is 8. The summed E-state index contributed by atoms with van der Waals surface area (Å²) in [4.78, 5) is 56.5. The Balaban J connectivity index is 0.819. The van der Waals surface area contributed by atoms with Crippen LogP contribution < -0.4 is 19.3 Å². The minimum absolute atomic E-state index is 0.0934. The smallest absolute Gasteiger partial charge is 0.266 e. The molecule has 2 heterocycles. The predicted octanol–water partition coefficient (Wildman–Crippen LogP) is 10.9. The summed E-state index contributed by atoms with van der Waals surface area (Å²) in [5.74, 6) is 0.366. The van der Waals surface area contributed by atoms with Crippen molar-refractivity contribution in [2.24, 2.45) is 0 Å². The van der Waals surface area contributed by atoms with Crippen molar-refractivity contribution in [3.8, 4) is 34.5 Å². The van der Waals surface area contributed by atoms with Crippen LogP contribution in [-0.4, -0.2) is 33.8 Å². The molecule has 0 radical (unpaired) electrons. The first kappa shape index (κ1) is 37.1. The van der Waals surface area contributed by atoms with Crippen molar-refractivity contribution in [1.29, 1.82) is 0 Å². The molecule has 296 valence electrons. The van der Waals surface area contributed by atoms with E-state index in [2.05, 4.69) is 13.8 Å².